The molecule has 106 valence electrons. The summed E-state index contributed by atoms with van der Waals surface area (Å²) in [5, 5.41) is 5.78. The Balaban J connectivity index is 2.33. The van der Waals surface area contributed by atoms with Crippen LogP contribution >= 0.6 is 0 Å². The first-order valence-corrected chi connectivity index (χ1v) is 6.00. The van der Waals surface area contributed by atoms with Crippen LogP contribution in [0, 0.1) is 24.4 Å². The van der Waals surface area contributed by atoms with Gasteiger partial charge in [0.25, 0.3) is 0 Å². The van der Waals surface area contributed by atoms with Crippen LogP contribution in [0.1, 0.15) is 12.5 Å². The minimum Gasteiger partial charge on any atom is -0.370 e. The molecular formula is C13H13F3N4. The second-order valence-corrected chi connectivity index (χ2v) is 4.11. The van der Waals surface area contributed by atoms with Crippen molar-refractivity contribution in [3.8, 4) is 0 Å². The maximum atomic E-state index is 13.1. The van der Waals surface area contributed by atoms with E-state index in [0.717, 1.165) is 12.1 Å². The van der Waals surface area contributed by atoms with Crippen molar-refractivity contribution in [2.45, 2.75) is 13.8 Å². The van der Waals surface area contributed by atoms with Crippen molar-refractivity contribution in [3.63, 3.8) is 0 Å². The summed E-state index contributed by atoms with van der Waals surface area (Å²) >= 11 is 0. The van der Waals surface area contributed by atoms with E-state index >= 15 is 0 Å². The van der Waals surface area contributed by atoms with Gasteiger partial charge in [0, 0.05) is 29.9 Å². The van der Waals surface area contributed by atoms with Crippen molar-refractivity contribution in [2.75, 3.05) is 17.2 Å². The SMILES string of the molecule is CCNc1ncnc(Nc2cc(F)c(F)c(F)c2)c1C. The molecule has 4 nitrogen and oxygen atoms in total. The molecule has 0 aliphatic carbocycles. The molecular weight excluding hydrogens is 269 g/mol. The van der Waals surface area contributed by atoms with E-state index in [2.05, 4.69) is 20.6 Å². The van der Waals surface area contributed by atoms with Crippen LogP contribution < -0.4 is 10.6 Å². The number of rotatable bonds is 4. The van der Waals surface area contributed by atoms with Gasteiger partial charge in [-0.3, -0.25) is 0 Å². The monoisotopic (exact) mass is 282 g/mol. The molecule has 1 aromatic heterocycles. The van der Waals surface area contributed by atoms with Gasteiger partial charge in [-0.15, -0.1) is 0 Å². The Kier molecular flexibility index (Phi) is 4.07. The molecule has 0 saturated heterocycles. The van der Waals surface area contributed by atoms with Crippen molar-refractivity contribution in [1.82, 2.24) is 9.97 Å². The van der Waals surface area contributed by atoms with Crippen molar-refractivity contribution in [3.05, 3.63) is 41.5 Å². The van der Waals surface area contributed by atoms with Crippen molar-refractivity contribution >= 4 is 17.3 Å². The molecule has 1 aromatic carbocycles. The molecule has 0 saturated carbocycles. The molecule has 0 spiro atoms. The van der Waals surface area contributed by atoms with Gasteiger partial charge in [0.1, 0.15) is 18.0 Å². The number of anilines is 3. The topological polar surface area (TPSA) is 49.8 Å². The Labute approximate surface area is 114 Å². The minimum atomic E-state index is -1.50. The van der Waals surface area contributed by atoms with Crippen LogP contribution in [-0.2, 0) is 0 Å². The fourth-order valence-corrected chi connectivity index (χ4v) is 1.69. The number of nitrogens with zero attached hydrogens (tertiary/aromatic N) is 2. The summed E-state index contributed by atoms with van der Waals surface area (Å²) in [7, 11) is 0. The lowest BCUT2D eigenvalue weighted by Crippen LogP contribution is -2.06. The molecule has 0 aliphatic heterocycles. The lowest BCUT2D eigenvalue weighted by atomic mass is 10.2. The summed E-state index contributed by atoms with van der Waals surface area (Å²) in [6, 6.07) is 1.74. The van der Waals surface area contributed by atoms with Gasteiger partial charge in [-0.1, -0.05) is 0 Å². The molecule has 0 unspecified atom stereocenters. The normalized spacial score (nSPS) is 10.4. The van der Waals surface area contributed by atoms with E-state index in [1.54, 1.807) is 6.92 Å². The van der Waals surface area contributed by atoms with Crippen LogP contribution in [0.25, 0.3) is 0 Å². The Morgan fingerprint density at radius 1 is 1.05 bits per heavy atom. The molecule has 0 fully saturated rings. The number of hydrogen-bond acceptors (Lipinski definition) is 4. The predicted molar refractivity (Wildman–Crippen MR) is 70.5 cm³/mol. The summed E-state index contributed by atoms with van der Waals surface area (Å²) in [5.41, 5.74) is 0.769. The molecule has 0 bridgehead atoms. The highest BCUT2D eigenvalue weighted by molar-refractivity contribution is 5.64. The fraction of sp³-hybridized carbons (Fsp3) is 0.231. The summed E-state index contributed by atoms with van der Waals surface area (Å²) in [5.74, 6) is -3.00. The summed E-state index contributed by atoms with van der Waals surface area (Å²) in [4.78, 5) is 8.05. The molecule has 0 atom stereocenters. The van der Waals surface area contributed by atoms with Crippen LogP contribution in [-0.4, -0.2) is 16.5 Å². The third kappa shape index (κ3) is 2.81. The predicted octanol–water partition coefficient (Wildman–Crippen LogP) is 3.38. The van der Waals surface area contributed by atoms with E-state index in [-0.39, 0.29) is 5.69 Å². The Bertz CT molecular complexity index is 608. The first-order chi connectivity index (χ1) is 9.52. The standard InChI is InChI=1S/C13H13F3N4/c1-3-17-12-7(2)13(19-6-18-12)20-8-4-9(14)11(16)10(15)5-8/h4-6H,3H2,1-2H3,(H2,17,18,19,20). The maximum Gasteiger partial charge on any atom is 0.194 e. The van der Waals surface area contributed by atoms with E-state index in [4.69, 9.17) is 0 Å². The Hall–Kier alpha value is -2.31. The Morgan fingerprint density at radius 2 is 1.65 bits per heavy atom. The number of aromatic nitrogens is 2. The van der Waals surface area contributed by atoms with Crippen LogP contribution in [0.2, 0.25) is 0 Å². The highest BCUT2D eigenvalue weighted by Gasteiger charge is 2.12. The van der Waals surface area contributed by atoms with Crippen molar-refractivity contribution in [1.29, 1.82) is 0 Å². The third-order valence-electron chi connectivity index (χ3n) is 2.67. The molecule has 0 aliphatic rings. The first kappa shape index (κ1) is 14.1. The van der Waals surface area contributed by atoms with Gasteiger partial charge in [0.15, 0.2) is 17.5 Å². The Morgan fingerprint density at radius 3 is 2.25 bits per heavy atom. The second kappa shape index (κ2) is 5.77. The summed E-state index contributed by atoms with van der Waals surface area (Å²) < 4.78 is 39.2. The van der Waals surface area contributed by atoms with Gasteiger partial charge in [0.2, 0.25) is 0 Å². The molecule has 1 heterocycles. The molecule has 2 N–H and O–H groups in total. The van der Waals surface area contributed by atoms with Gasteiger partial charge in [0.05, 0.1) is 0 Å². The average molecular weight is 282 g/mol. The number of nitrogens with one attached hydrogen (secondary N) is 2. The molecule has 0 radical (unpaired) electrons. The molecule has 7 heteroatoms. The fourth-order valence-electron chi connectivity index (χ4n) is 1.69. The van der Waals surface area contributed by atoms with E-state index in [1.807, 2.05) is 6.92 Å². The van der Waals surface area contributed by atoms with Gasteiger partial charge < -0.3 is 10.6 Å². The highest BCUT2D eigenvalue weighted by Crippen LogP contribution is 2.24. The van der Waals surface area contributed by atoms with E-state index in [1.165, 1.54) is 6.33 Å². The van der Waals surface area contributed by atoms with Crippen molar-refractivity contribution < 1.29 is 13.2 Å². The zero-order valence-electron chi connectivity index (χ0n) is 11.0. The largest absolute Gasteiger partial charge is 0.370 e. The lowest BCUT2D eigenvalue weighted by Gasteiger charge is -2.12. The van der Waals surface area contributed by atoms with Crippen LogP contribution in [0.4, 0.5) is 30.5 Å². The summed E-state index contributed by atoms with van der Waals surface area (Å²) in [6.45, 7) is 4.35. The van der Waals surface area contributed by atoms with Gasteiger partial charge in [-0.05, 0) is 13.8 Å². The highest BCUT2D eigenvalue weighted by atomic mass is 19.2. The minimum absolute atomic E-state index is 0.0747. The van der Waals surface area contributed by atoms with Gasteiger partial charge >= 0.3 is 0 Å². The number of hydrogen-bond donors (Lipinski definition) is 2. The van der Waals surface area contributed by atoms with Crippen LogP contribution in [0.5, 0.6) is 0 Å². The number of halogens is 3. The first-order valence-electron chi connectivity index (χ1n) is 6.00. The number of benzene rings is 1. The average Bonchev–Trinajstić information content (AvgIpc) is 2.41. The maximum absolute atomic E-state index is 13.1. The quantitative estimate of drug-likeness (QED) is 0.844. The van der Waals surface area contributed by atoms with Crippen LogP contribution in [0.3, 0.4) is 0 Å². The van der Waals surface area contributed by atoms with Gasteiger partial charge in [-0.25, -0.2) is 23.1 Å². The van der Waals surface area contributed by atoms with Crippen LogP contribution in [0.15, 0.2) is 18.5 Å². The van der Waals surface area contributed by atoms with E-state index < -0.39 is 17.5 Å². The molecule has 0 amide bonds. The second-order valence-electron chi connectivity index (χ2n) is 4.11. The van der Waals surface area contributed by atoms with E-state index in [9.17, 15) is 13.2 Å². The zero-order valence-corrected chi connectivity index (χ0v) is 11.0. The van der Waals surface area contributed by atoms with E-state index in [0.29, 0.717) is 23.7 Å². The van der Waals surface area contributed by atoms with Gasteiger partial charge in [-0.2, -0.15) is 0 Å². The smallest absolute Gasteiger partial charge is 0.194 e. The third-order valence-corrected chi connectivity index (χ3v) is 2.67. The summed E-state index contributed by atoms with van der Waals surface area (Å²) in [6.07, 6.45) is 1.32. The molecule has 2 aromatic rings. The lowest BCUT2D eigenvalue weighted by molar-refractivity contribution is 0.448. The van der Waals surface area contributed by atoms with Crippen molar-refractivity contribution in [2.24, 2.45) is 0 Å². The zero-order chi connectivity index (χ0) is 14.7. The molecule has 2 rings (SSSR count). The molecule has 20 heavy (non-hydrogen) atoms.